The molecule has 0 saturated heterocycles. The molecule has 0 bridgehead atoms. The zero-order valence-corrected chi connectivity index (χ0v) is 6.98. The predicted molar refractivity (Wildman–Crippen MR) is 42.6 cm³/mol. The number of nitriles is 1. The lowest BCUT2D eigenvalue weighted by atomic mass is 10.2. The highest BCUT2D eigenvalue weighted by Gasteiger charge is 2.13. The van der Waals surface area contributed by atoms with Crippen molar-refractivity contribution in [3.8, 4) is 6.19 Å². The number of nitrogens with zero attached hydrogens (tertiary/aromatic N) is 1. The first-order valence-electron chi connectivity index (χ1n) is 3.04. The molecule has 0 aromatic heterocycles. The minimum atomic E-state index is 0.0463. The number of thioether (sulfide) groups is 1. The lowest BCUT2D eigenvalue weighted by Crippen LogP contribution is -2.34. The first-order valence-corrected chi connectivity index (χ1v) is 4.33. The van der Waals surface area contributed by atoms with Gasteiger partial charge in [0.25, 0.3) is 0 Å². The van der Waals surface area contributed by atoms with Gasteiger partial charge in [-0.25, -0.2) is 0 Å². The monoisotopic (exact) mass is 160 g/mol. The van der Waals surface area contributed by atoms with E-state index >= 15 is 0 Å². The van der Waals surface area contributed by atoms with Gasteiger partial charge in [0.15, 0.2) is 6.19 Å². The molecule has 4 heteroatoms. The summed E-state index contributed by atoms with van der Waals surface area (Å²) < 4.78 is 0. The van der Waals surface area contributed by atoms with E-state index in [2.05, 4.69) is 5.32 Å². The Hall–Kier alpha value is -0.400. The Kier molecular flexibility index (Phi) is 5.17. The number of hydrogen-bond donors (Lipinski definition) is 2. The van der Waals surface area contributed by atoms with Gasteiger partial charge < -0.3 is 10.4 Å². The Morgan fingerprint density at radius 3 is 2.70 bits per heavy atom. The highest BCUT2D eigenvalue weighted by Crippen LogP contribution is 2.09. The van der Waals surface area contributed by atoms with Gasteiger partial charge in [0.1, 0.15) is 0 Å². The maximum absolute atomic E-state index is 8.75. The molecule has 0 heterocycles. The van der Waals surface area contributed by atoms with E-state index in [0.29, 0.717) is 0 Å². The van der Waals surface area contributed by atoms with E-state index in [1.807, 2.05) is 19.4 Å². The average Bonchev–Trinajstić information content (AvgIpc) is 1.91. The van der Waals surface area contributed by atoms with Crippen LogP contribution in [0.15, 0.2) is 0 Å². The zero-order valence-electron chi connectivity index (χ0n) is 6.16. The fourth-order valence-corrected chi connectivity index (χ4v) is 1.26. The average molecular weight is 160 g/mol. The highest BCUT2D eigenvalue weighted by atomic mass is 32.2. The summed E-state index contributed by atoms with van der Waals surface area (Å²) in [5.41, 5.74) is 0. The number of hydrogen-bond acceptors (Lipinski definition) is 4. The van der Waals surface area contributed by atoms with Crippen LogP contribution in [0, 0.1) is 11.5 Å². The molecule has 0 radical (unpaired) electrons. The Balaban J connectivity index is 3.66. The van der Waals surface area contributed by atoms with Gasteiger partial charge in [-0.15, -0.1) is 0 Å². The molecule has 2 atom stereocenters. The molecule has 0 spiro atoms. The van der Waals surface area contributed by atoms with E-state index in [-0.39, 0.29) is 17.9 Å². The SMILES string of the molecule is CSC(CO)C(C)NC#N. The van der Waals surface area contributed by atoms with Crippen molar-refractivity contribution in [3.05, 3.63) is 0 Å². The van der Waals surface area contributed by atoms with Crippen molar-refractivity contribution in [1.29, 1.82) is 5.26 Å². The Morgan fingerprint density at radius 1 is 1.80 bits per heavy atom. The van der Waals surface area contributed by atoms with Crippen molar-refractivity contribution < 1.29 is 5.11 Å². The largest absolute Gasteiger partial charge is 0.395 e. The minimum absolute atomic E-state index is 0.0463. The molecular formula is C6H12N2OS. The standard InChI is InChI=1S/C6H12N2OS/c1-5(8-4-7)6(3-9)10-2/h5-6,8-9H,3H2,1-2H3. The molecule has 0 fully saturated rings. The lowest BCUT2D eigenvalue weighted by molar-refractivity contribution is 0.281. The van der Waals surface area contributed by atoms with Gasteiger partial charge in [0.05, 0.1) is 6.61 Å². The summed E-state index contributed by atoms with van der Waals surface area (Å²) in [6.45, 7) is 1.98. The van der Waals surface area contributed by atoms with Crippen LogP contribution in [0.2, 0.25) is 0 Å². The summed E-state index contributed by atoms with van der Waals surface area (Å²) in [4.78, 5) is 0. The molecule has 2 N–H and O–H groups in total. The summed E-state index contributed by atoms with van der Waals surface area (Å²) in [5.74, 6) is 0. The second kappa shape index (κ2) is 5.39. The molecule has 0 aromatic rings. The van der Waals surface area contributed by atoms with E-state index in [9.17, 15) is 0 Å². The topological polar surface area (TPSA) is 56.0 Å². The minimum Gasteiger partial charge on any atom is -0.395 e. The summed E-state index contributed by atoms with van der Waals surface area (Å²) >= 11 is 1.55. The summed E-state index contributed by atoms with van der Waals surface area (Å²) in [6, 6.07) is 0.0463. The maximum atomic E-state index is 8.75. The van der Waals surface area contributed by atoms with E-state index in [1.54, 1.807) is 11.8 Å². The zero-order chi connectivity index (χ0) is 7.98. The summed E-state index contributed by atoms with van der Waals surface area (Å²) in [5, 5.41) is 19.7. The number of aliphatic hydroxyl groups is 1. The second-order valence-electron chi connectivity index (χ2n) is 2.00. The van der Waals surface area contributed by atoms with Crippen molar-refractivity contribution in [2.45, 2.75) is 18.2 Å². The van der Waals surface area contributed by atoms with E-state index < -0.39 is 0 Å². The van der Waals surface area contributed by atoms with Crippen LogP contribution in [-0.4, -0.2) is 29.3 Å². The molecule has 0 aliphatic carbocycles. The Labute approximate surface area is 65.4 Å². The van der Waals surface area contributed by atoms with Crippen LogP contribution >= 0.6 is 11.8 Å². The lowest BCUT2D eigenvalue weighted by Gasteiger charge is -2.17. The van der Waals surface area contributed by atoms with Crippen LogP contribution in [0.4, 0.5) is 0 Å². The van der Waals surface area contributed by atoms with Crippen molar-refractivity contribution in [1.82, 2.24) is 5.32 Å². The van der Waals surface area contributed by atoms with E-state index in [0.717, 1.165) is 0 Å². The molecule has 0 amide bonds. The van der Waals surface area contributed by atoms with Gasteiger partial charge in [-0.1, -0.05) is 0 Å². The van der Waals surface area contributed by atoms with Crippen LogP contribution < -0.4 is 5.32 Å². The number of aliphatic hydroxyl groups excluding tert-OH is 1. The molecule has 58 valence electrons. The molecule has 10 heavy (non-hydrogen) atoms. The first-order chi connectivity index (χ1) is 4.76. The van der Waals surface area contributed by atoms with Crippen molar-refractivity contribution >= 4 is 11.8 Å². The predicted octanol–water partition coefficient (Wildman–Crippen LogP) is 0.169. The van der Waals surface area contributed by atoms with Gasteiger partial charge in [-0.3, -0.25) is 0 Å². The third-order valence-electron chi connectivity index (χ3n) is 1.33. The van der Waals surface area contributed by atoms with E-state index in [4.69, 9.17) is 10.4 Å². The van der Waals surface area contributed by atoms with Gasteiger partial charge in [0.2, 0.25) is 0 Å². The van der Waals surface area contributed by atoms with Crippen molar-refractivity contribution in [2.75, 3.05) is 12.9 Å². The molecule has 3 nitrogen and oxygen atoms in total. The number of rotatable bonds is 4. The normalized spacial score (nSPS) is 15.4. The van der Waals surface area contributed by atoms with Crippen LogP contribution in [0.3, 0.4) is 0 Å². The van der Waals surface area contributed by atoms with Gasteiger partial charge >= 0.3 is 0 Å². The molecule has 0 aromatic carbocycles. The van der Waals surface area contributed by atoms with Gasteiger partial charge in [0, 0.05) is 11.3 Å². The maximum Gasteiger partial charge on any atom is 0.176 e. The molecule has 0 rings (SSSR count). The van der Waals surface area contributed by atoms with Crippen molar-refractivity contribution in [3.63, 3.8) is 0 Å². The van der Waals surface area contributed by atoms with Gasteiger partial charge in [-0.2, -0.15) is 17.0 Å². The third kappa shape index (κ3) is 2.95. The quantitative estimate of drug-likeness (QED) is 0.454. The third-order valence-corrected chi connectivity index (χ3v) is 2.50. The highest BCUT2D eigenvalue weighted by molar-refractivity contribution is 7.99. The summed E-state index contributed by atoms with van der Waals surface area (Å²) in [7, 11) is 0. The van der Waals surface area contributed by atoms with Crippen LogP contribution in [0.1, 0.15) is 6.92 Å². The molecule has 0 aliphatic heterocycles. The fourth-order valence-electron chi connectivity index (χ4n) is 0.632. The van der Waals surface area contributed by atoms with E-state index in [1.165, 1.54) is 0 Å². The molecule has 0 saturated carbocycles. The first kappa shape index (κ1) is 9.60. The molecular weight excluding hydrogens is 148 g/mol. The smallest absolute Gasteiger partial charge is 0.176 e. The van der Waals surface area contributed by atoms with Gasteiger partial charge in [-0.05, 0) is 13.2 Å². The number of nitrogens with one attached hydrogen (secondary N) is 1. The Bertz CT molecular complexity index is 119. The Morgan fingerprint density at radius 2 is 2.40 bits per heavy atom. The van der Waals surface area contributed by atoms with Crippen molar-refractivity contribution in [2.24, 2.45) is 0 Å². The fraction of sp³-hybridized carbons (Fsp3) is 0.833. The van der Waals surface area contributed by atoms with Crippen LogP contribution in [0.5, 0.6) is 0 Å². The van der Waals surface area contributed by atoms with Crippen LogP contribution in [-0.2, 0) is 0 Å². The van der Waals surface area contributed by atoms with Crippen LogP contribution in [0.25, 0.3) is 0 Å². The molecule has 0 aliphatic rings. The molecule has 2 unspecified atom stereocenters. The summed E-state index contributed by atoms with van der Waals surface area (Å²) in [6.07, 6.45) is 3.76. The second-order valence-corrected chi connectivity index (χ2v) is 3.08.